The molecule has 2 aliphatic carbocycles. The SMILES string of the molecule is Cc1cc(NC(=O)C2C3C=CC(C3)C2C(=O)O)ccc1Oc1cccnc1. The number of ether oxygens (including phenoxy) is 1. The summed E-state index contributed by atoms with van der Waals surface area (Å²) in [6.45, 7) is 1.89. The van der Waals surface area contributed by atoms with E-state index >= 15 is 0 Å². The zero-order valence-electron chi connectivity index (χ0n) is 14.8. The molecule has 27 heavy (non-hydrogen) atoms. The molecule has 0 radical (unpaired) electrons. The largest absolute Gasteiger partial charge is 0.481 e. The minimum absolute atomic E-state index is 0.00499. The van der Waals surface area contributed by atoms with Gasteiger partial charge in [-0.3, -0.25) is 14.6 Å². The molecule has 138 valence electrons. The molecule has 0 aliphatic heterocycles. The third-order valence-electron chi connectivity index (χ3n) is 5.35. The van der Waals surface area contributed by atoms with Crippen LogP contribution in [0.1, 0.15) is 12.0 Å². The topological polar surface area (TPSA) is 88.5 Å². The lowest BCUT2D eigenvalue weighted by atomic mass is 9.82. The molecule has 1 amide bonds. The maximum Gasteiger partial charge on any atom is 0.307 e. The van der Waals surface area contributed by atoms with Gasteiger partial charge in [0.05, 0.1) is 18.0 Å². The number of benzene rings is 1. The number of rotatable bonds is 5. The van der Waals surface area contributed by atoms with Gasteiger partial charge in [-0.25, -0.2) is 0 Å². The lowest BCUT2D eigenvalue weighted by Crippen LogP contribution is -2.36. The van der Waals surface area contributed by atoms with Crippen molar-refractivity contribution in [3.05, 3.63) is 60.4 Å². The van der Waals surface area contributed by atoms with E-state index in [1.807, 2.05) is 31.2 Å². The number of carboxylic acids is 1. The highest BCUT2D eigenvalue weighted by Crippen LogP contribution is 2.48. The Labute approximate surface area is 156 Å². The fourth-order valence-corrected chi connectivity index (χ4v) is 4.12. The molecule has 0 spiro atoms. The number of nitrogens with zero attached hydrogens (tertiary/aromatic N) is 1. The van der Waals surface area contributed by atoms with Gasteiger partial charge in [-0.15, -0.1) is 0 Å². The Kier molecular flexibility index (Phi) is 4.39. The Morgan fingerprint density at radius 2 is 1.96 bits per heavy atom. The molecule has 1 heterocycles. The quantitative estimate of drug-likeness (QED) is 0.791. The summed E-state index contributed by atoms with van der Waals surface area (Å²) in [6, 6.07) is 8.98. The van der Waals surface area contributed by atoms with Crippen LogP contribution in [0.5, 0.6) is 11.5 Å². The van der Waals surface area contributed by atoms with Crippen LogP contribution in [-0.2, 0) is 9.59 Å². The third-order valence-corrected chi connectivity index (χ3v) is 5.35. The minimum atomic E-state index is -0.900. The number of carboxylic acid groups (broad SMARTS) is 1. The second kappa shape index (κ2) is 6.87. The van der Waals surface area contributed by atoms with E-state index < -0.39 is 17.8 Å². The van der Waals surface area contributed by atoms with Crippen molar-refractivity contribution < 1.29 is 19.4 Å². The van der Waals surface area contributed by atoms with Crippen LogP contribution < -0.4 is 10.1 Å². The van der Waals surface area contributed by atoms with Crippen LogP contribution in [-0.4, -0.2) is 22.0 Å². The van der Waals surface area contributed by atoms with Crippen molar-refractivity contribution in [1.82, 2.24) is 4.98 Å². The van der Waals surface area contributed by atoms with Crippen LogP contribution in [0.25, 0.3) is 0 Å². The Morgan fingerprint density at radius 1 is 1.19 bits per heavy atom. The molecule has 4 unspecified atom stereocenters. The zero-order chi connectivity index (χ0) is 19.0. The summed E-state index contributed by atoms with van der Waals surface area (Å²) in [5.74, 6) is -1.03. The maximum atomic E-state index is 12.8. The van der Waals surface area contributed by atoms with Crippen LogP contribution in [0.4, 0.5) is 5.69 Å². The first kappa shape index (κ1) is 17.3. The van der Waals surface area contributed by atoms with Crippen molar-refractivity contribution in [2.75, 3.05) is 5.32 Å². The molecule has 4 rings (SSSR count). The summed E-state index contributed by atoms with van der Waals surface area (Å²) in [7, 11) is 0. The number of allylic oxidation sites excluding steroid dienone is 2. The highest BCUT2D eigenvalue weighted by molar-refractivity contribution is 5.96. The van der Waals surface area contributed by atoms with Crippen molar-refractivity contribution in [3.8, 4) is 11.5 Å². The van der Waals surface area contributed by atoms with Gasteiger partial charge < -0.3 is 15.2 Å². The molecule has 1 saturated carbocycles. The number of hydrogen-bond donors (Lipinski definition) is 2. The van der Waals surface area contributed by atoms with E-state index in [-0.39, 0.29) is 17.7 Å². The van der Waals surface area contributed by atoms with Crippen LogP contribution in [0.2, 0.25) is 0 Å². The van der Waals surface area contributed by atoms with Gasteiger partial charge in [0, 0.05) is 11.9 Å². The predicted molar refractivity (Wildman–Crippen MR) is 99.5 cm³/mol. The average molecular weight is 364 g/mol. The van der Waals surface area contributed by atoms with Gasteiger partial charge in [-0.1, -0.05) is 12.2 Å². The van der Waals surface area contributed by atoms with Crippen molar-refractivity contribution in [3.63, 3.8) is 0 Å². The molecule has 0 saturated heterocycles. The molecule has 4 atom stereocenters. The van der Waals surface area contributed by atoms with Crippen molar-refractivity contribution in [1.29, 1.82) is 0 Å². The summed E-state index contributed by atoms with van der Waals surface area (Å²) in [5.41, 5.74) is 1.49. The van der Waals surface area contributed by atoms with E-state index in [1.165, 1.54) is 0 Å². The third kappa shape index (κ3) is 3.30. The Hall–Kier alpha value is -3.15. The lowest BCUT2D eigenvalue weighted by Gasteiger charge is -2.24. The fourth-order valence-electron chi connectivity index (χ4n) is 4.12. The minimum Gasteiger partial charge on any atom is -0.481 e. The second-order valence-electron chi connectivity index (χ2n) is 7.10. The summed E-state index contributed by atoms with van der Waals surface area (Å²) in [5, 5.41) is 12.4. The summed E-state index contributed by atoms with van der Waals surface area (Å²) in [4.78, 5) is 28.4. The molecule has 1 aromatic carbocycles. The fraction of sp³-hybridized carbons (Fsp3) is 0.286. The van der Waals surface area contributed by atoms with Gasteiger partial charge in [-0.2, -0.15) is 0 Å². The normalized spacial score (nSPS) is 25.4. The second-order valence-corrected chi connectivity index (χ2v) is 7.10. The molecule has 2 aliphatic rings. The number of anilines is 1. The Bertz CT molecular complexity index is 910. The molecule has 6 heteroatoms. The van der Waals surface area contributed by atoms with Crippen LogP contribution in [0, 0.1) is 30.6 Å². The van der Waals surface area contributed by atoms with E-state index in [4.69, 9.17) is 4.74 Å². The van der Waals surface area contributed by atoms with Gasteiger partial charge in [0.25, 0.3) is 0 Å². The highest BCUT2D eigenvalue weighted by atomic mass is 16.5. The molecule has 2 bridgehead atoms. The number of aryl methyl sites for hydroxylation is 1. The number of amides is 1. The Balaban J connectivity index is 1.48. The summed E-state index contributed by atoms with van der Waals surface area (Å²) >= 11 is 0. The predicted octanol–water partition coefficient (Wildman–Crippen LogP) is 3.64. The van der Waals surface area contributed by atoms with Crippen LogP contribution in [0.3, 0.4) is 0 Å². The molecule has 2 N–H and O–H groups in total. The van der Waals surface area contributed by atoms with E-state index in [9.17, 15) is 14.7 Å². The van der Waals surface area contributed by atoms with E-state index in [0.29, 0.717) is 17.2 Å². The first-order valence-electron chi connectivity index (χ1n) is 8.93. The number of pyridine rings is 1. The van der Waals surface area contributed by atoms with Crippen molar-refractivity contribution in [2.45, 2.75) is 13.3 Å². The molecular weight excluding hydrogens is 344 g/mol. The monoisotopic (exact) mass is 364 g/mol. The van der Waals surface area contributed by atoms with Gasteiger partial charge in [0.1, 0.15) is 11.5 Å². The number of aromatic nitrogens is 1. The molecule has 1 fully saturated rings. The standard InChI is InChI=1S/C21H20N2O4/c1-12-9-15(6-7-17(12)27-16-3-2-8-22-11-16)23-20(24)18-13-4-5-14(10-13)19(18)21(25)26/h2-9,11,13-14,18-19H,10H2,1H3,(H,23,24)(H,25,26). The first-order valence-corrected chi connectivity index (χ1v) is 8.93. The number of fused-ring (bicyclic) bond motifs is 2. The van der Waals surface area contributed by atoms with E-state index in [0.717, 1.165) is 12.0 Å². The van der Waals surface area contributed by atoms with E-state index in [1.54, 1.807) is 30.6 Å². The summed E-state index contributed by atoms with van der Waals surface area (Å²) < 4.78 is 5.80. The first-order chi connectivity index (χ1) is 13.0. The van der Waals surface area contributed by atoms with Gasteiger partial charge >= 0.3 is 5.97 Å². The smallest absolute Gasteiger partial charge is 0.307 e. The molecule has 2 aromatic rings. The maximum absolute atomic E-state index is 12.8. The van der Waals surface area contributed by atoms with Crippen molar-refractivity contribution in [2.24, 2.45) is 23.7 Å². The number of carbonyl (C=O) groups excluding carboxylic acids is 1. The van der Waals surface area contributed by atoms with E-state index in [2.05, 4.69) is 10.3 Å². The summed E-state index contributed by atoms with van der Waals surface area (Å²) in [6.07, 6.45) is 7.95. The number of aliphatic carboxylic acids is 1. The average Bonchev–Trinajstić information content (AvgIpc) is 3.26. The zero-order valence-corrected chi connectivity index (χ0v) is 14.8. The van der Waals surface area contributed by atoms with Crippen LogP contribution >= 0.6 is 0 Å². The van der Waals surface area contributed by atoms with Gasteiger partial charge in [0.15, 0.2) is 0 Å². The van der Waals surface area contributed by atoms with Crippen LogP contribution in [0.15, 0.2) is 54.9 Å². The Morgan fingerprint density at radius 3 is 2.63 bits per heavy atom. The molecule has 1 aromatic heterocycles. The molecule has 6 nitrogen and oxygen atoms in total. The van der Waals surface area contributed by atoms with Crippen molar-refractivity contribution >= 4 is 17.6 Å². The number of carbonyl (C=O) groups is 2. The van der Waals surface area contributed by atoms with Gasteiger partial charge in [-0.05, 0) is 61.1 Å². The van der Waals surface area contributed by atoms with Gasteiger partial charge in [0.2, 0.25) is 5.91 Å². The number of hydrogen-bond acceptors (Lipinski definition) is 4. The highest BCUT2D eigenvalue weighted by Gasteiger charge is 2.51. The number of nitrogens with one attached hydrogen (secondary N) is 1. The molecular formula is C21H20N2O4. The lowest BCUT2D eigenvalue weighted by molar-refractivity contribution is -0.146.